The van der Waals surface area contributed by atoms with Crippen molar-refractivity contribution in [1.82, 2.24) is 5.16 Å². The van der Waals surface area contributed by atoms with Gasteiger partial charge in [0.15, 0.2) is 5.82 Å². The third-order valence-electron chi connectivity index (χ3n) is 1.81. The fourth-order valence-electron chi connectivity index (χ4n) is 1.04. The van der Waals surface area contributed by atoms with Gasteiger partial charge in [0, 0.05) is 0 Å². The summed E-state index contributed by atoms with van der Waals surface area (Å²) in [6.45, 7) is 0. The Morgan fingerprint density at radius 2 is 2.06 bits per heavy atom. The van der Waals surface area contributed by atoms with Crippen molar-refractivity contribution in [2.24, 2.45) is 10.2 Å². The average molecular weight is 222 g/mol. The minimum atomic E-state index is -0.613. The number of anilines is 1. The van der Waals surface area contributed by atoms with E-state index in [4.69, 9.17) is 5.73 Å². The number of hydrogen-bond acceptors (Lipinski definition) is 5. The summed E-state index contributed by atoms with van der Waals surface area (Å²) in [6, 6.07) is 5.77. The predicted octanol–water partition coefficient (Wildman–Crippen LogP) is 2.10. The number of nitrogens with one attached hydrogen (secondary N) is 1. The molecule has 0 saturated carbocycles. The Labute approximate surface area is 88.6 Å². The lowest BCUT2D eigenvalue weighted by Crippen LogP contribution is -1.96. The maximum absolute atomic E-state index is 13.1. The van der Waals surface area contributed by atoms with Gasteiger partial charge in [-0.2, -0.15) is 5.16 Å². The van der Waals surface area contributed by atoms with E-state index in [-0.39, 0.29) is 17.3 Å². The van der Waals surface area contributed by atoms with Crippen LogP contribution in [0.1, 0.15) is 0 Å². The molecule has 1 heterocycles. The summed E-state index contributed by atoms with van der Waals surface area (Å²) in [7, 11) is 0. The number of aromatic nitrogens is 1. The van der Waals surface area contributed by atoms with Gasteiger partial charge in [-0.1, -0.05) is 12.1 Å². The SMILES string of the molecule is Nc1o[nH]c(=O)c1N=Nc1ccccc1F. The third-order valence-corrected chi connectivity index (χ3v) is 1.81. The van der Waals surface area contributed by atoms with Crippen LogP contribution in [0.25, 0.3) is 0 Å². The van der Waals surface area contributed by atoms with Crippen molar-refractivity contribution >= 4 is 17.3 Å². The Hall–Kier alpha value is -2.44. The summed E-state index contributed by atoms with van der Waals surface area (Å²) in [5.74, 6) is -0.727. The van der Waals surface area contributed by atoms with Crippen molar-refractivity contribution in [3.63, 3.8) is 0 Å². The second-order valence-corrected chi connectivity index (χ2v) is 2.90. The Kier molecular flexibility index (Phi) is 2.50. The van der Waals surface area contributed by atoms with Gasteiger partial charge in [0.25, 0.3) is 5.88 Å². The molecule has 0 bridgehead atoms. The van der Waals surface area contributed by atoms with Crippen molar-refractivity contribution in [3.05, 3.63) is 40.4 Å². The van der Waals surface area contributed by atoms with E-state index < -0.39 is 11.4 Å². The van der Waals surface area contributed by atoms with Crippen LogP contribution in [-0.2, 0) is 0 Å². The first-order valence-electron chi connectivity index (χ1n) is 4.31. The molecule has 2 aromatic rings. The highest BCUT2D eigenvalue weighted by atomic mass is 19.1. The number of halogens is 1. The molecular weight excluding hydrogens is 215 g/mol. The summed E-state index contributed by atoms with van der Waals surface area (Å²) < 4.78 is 17.6. The molecule has 16 heavy (non-hydrogen) atoms. The number of nitrogen functional groups attached to an aromatic ring is 1. The minimum Gasteiger partial charge on any atom is -0.366 e. The quantitative estimate of drug-likeness (QED) is 0.761. The monoisotopic (exact) mass is 222 g/mol. The Balaban J connectivity index is 2.36. The number of nitrogens with two attached hydrogens (primary N) is 1. The van der Waals surface area contributed by atoms with Crippen LogP contribution in [0, 0.1) is 5.82 Å². The summed E-state index contributed by atoms with van der Waals surface area (Å²) in [5, 5.41) is 9.06. The van der Waals surface area contributed by atoms with Gasteiger partial charge in [-0.3, -0.25) is 4.79 Å². The highest BCUT2D eigenvalue weighted by Crippen LogP contribution is 2.21. The lowest BCUT2D eigenvalue weighted by Gasteiger charge is -1.92. The first-order chi connectivity index (χ1) is 7.68. The maximum atomic E-state index is 13.1. The Bertz CT molecular complexity index is 587. The molecule has 0 radical (unpaired) electrons. The average Bonchev–Trinajstić information content (AvgIpc) is 2.58. The van der Waals surface area contributed by atoms with Crippen LogP contribution < -0.4 is 11.3 Å². The summed E-state index contributed by atoms with van der Waals surface area (Å²) >= 11 is 0. The molecule has 2 rings (SSSR count). The molecule has 6 nitrogen and oxygen atoms in total. The van der Waals surface area contributed by atoms with Gasteiger partial charge in [-0.15, -0.1) is 10.2 Å². The number of benzene rings is 1. The molecule has 82 valence electrons. The summed E-state index contributed by atoms with van der Waals surface area (Å²) in [5.41, 5.74) is 4.52. The van der Waals surface area contributed by atoms with Gasteiger partial charge in [0.05, 0.1) is 0 Å². The highest BCUT2D eigenvalue weighted by Gasteiger charge is 2.08. The highest BCUT2D eigenvalue weighted by molar-refractivity contribution is 5.52. The van der Waals surface area contributed by atoms with E-state index in [1.807, 2.05) is 5.16 Å². The van der Waals surface area contributed by atoms with Crippen molar-refractivity contribution in [2.75, 3.05) is 5.73 Å². The van der Waals surface area contributed by atoms with Crippen LogP contribution in [0.3, 0.4) is 0 Å². The molecule has 0 spiro atoms. The number of aromatic amines is 1. The van der Waals surface area contributed by atoms with Crippen LogP contribution >= 0.6 is 0 Å². The standard InChI is InChI=1S/C9H7FN4O2/c10-5-3-1-2-4-6(5)12-13-7-8(11)16-14-9(7)15/h1-4H,11H2,(H,14,15). The zero-order valence-electron chi connectivity index (χ0n) is 7.98. The molecule has 0 aliphatic carbocycles. The fourth-order valence-corrected chi connectivity index (χ4v) is 1.04. The molecule has 0 fully saturated rings. The second kappa shape index (κ2) is 3.97. The van der Waals surface area contributed by atoms with Gasteiger partial charge in [-0.05, 0) is 12.1 Å². The number of rotatable bonds is 2. The molecule has 0 aliphatic heterocycles. The fraction of sp³-hybridized carbons (Fsp3) is 0. The number of hydrogen-bond donors (Lipinski definition) is 2. The van der Waals surface area contributed by atoms with Crippen LogP contribution in [-0.4, -0.2) is 5.16 Å². The molecule has 0 amide bonds. The van der Waals surface area contributed by atoms with E-state index in [2.05, 4.69) is 14.8 Å². The predicted molar refractivity (Wildman–Crippen MR) is 54.3 cm³/mol. The Morgan fingerprint density at radius 1 is 1.31 bits per heavy atom. The number of azo groups is 1. The first-order valence-corrected chi connectivity index (χ1v) is 4.31. The molecule has 1 aromatic heterocycles. The largest absolute Gasteiger partial charge is 0.366 e. The van der Waals surface area contributed by atoms with E-state index in [0.717, 1.165) is 0 Å². The number of H-pyrrole nitrogens is 1. The second-order valence-electron chi connectivity index (χ2n) is 2.90. The summed E-state index contributed by atoms with van der Waals surface area (Å²) in [6.07, 6.45) is 0. The first kappa shape index (κ1) is 10.1. The third kappa shape index (κ3) is 1.83. The van der Waals surface area contributed by atoms with Crippen LogP contribution in [0.15, 0.2) is 43.8 Å². The molecule has 0 saturated heterocycles. The van der Waals surface area contributed by atoms with Gasteiger partial charge in [-0.25, -0.2) is 4.39 Å². The Morgan fingerprint density at radius 3 is 2.69 bits per heavy atom. The zero-order valence-corrected chi connectivity index (χ0v) is 7.98. The van der Waals surface area contributed by atoms with Crippen LogP contribution in [0.4, 0.5) is 21.6 Å². The number of nitrogens with zero attached hydrogens (tertiary/aromatic N) is 2. The van der Waals surface area contributed by atoms with E-state index >= 15 is 0 Å². The maximum Gasteiger partial charge on any atom is 0.310 e. The molecule has 1 aromatic carbocycles. The molecule has 7 heteroatoms. The van der Waals surface area contributed by atoms with E-state index in [1.165, 1.54) is 18.2 Å². The molecule has 3 N–H and O–H groups in total. The van der Waals surface area contributed by atoms with Gasteiger partial charge in [0.2, 0.25) is 5.69 Å². The van der Waals surface area contributed by atoms with Crippen molar-refractivity contribution in [2.45, 2.75) is 0 Å². The van der Waals surface area contributed by atoms with E-state index in [1.54, 1.807) is 6.07 Å². The minimum absolute atomic E-state index is 0.0162. The van der Waals surface area contributed by atoms with E-state index in [0.29, 0.717) is 0 Å². The van der Waals surface area contributed by atoms with Gasteiger partial charge < -0.3 is 10.3 Å². The lowest BCUT2D eigenvalue weighted by atomic mass is 10.3. The topological polar surface area (TPSA) is 96.7 Å². The molecule has 0 unspecified atom stereocenters. The normalized spacial score (nSPS) is 11.1. The van der Waals surface area contributed by atoms with Gasteiger partial charge >= 0.3 is 5.56 Å². The van der Waals surface area contributed by atoms with Crippen LogP contribution in [0.5, 0.6) is 0 Å². The molecule has 0 aliphatic rings. The van der Waals surface area contributed by atoms with E-state index in [9.17, 15) is 9.18 Å². The van der Waals surface area contributed by atoms with Crippen molar-refractivity contribution < 1.29 is 8.91 Å². The summed E-state index contributed by atoms with van der Waals surface area (Å²) in [4.78, 5) is 11.1. The van der Waals surface area contributed by atoms with Crippen molar-refractivity contribution in [3.8, 4) is 0 Å². The zero-order chi connectivity index (χ0) is 11.5. The van der Waals surface area contributed by atoms with Crippen LogP contribution in [0.2, 0.25) is 0 Å². The van der Waals surface area contributed by atoms with Gasteiger partial charge in [0.1, 0.15) is 5.69 Å². The molecule has 0 atom stereocenters. The lowest BCUT2D eigenvalue weighted by molar-refractivity contribution is 0.430. The smallest absolute Gasteiger partial charge is 0.310 e. The molecular formula is C9H7FN4O2. The van der Waals surface area contributed by atoms with Crippen molar-refractivity contribution in [1.29, 1.82) is 0 Å².